The number of anilines is 1. The number of nitrogens with one attached hydrogen (secondary N) is 2. The first-order valence-electron chi connectivity index (χ1n) is 8.83. The summed E-state index contributed by atoms with van der Waals surface area (Å²) in [5, 5.41) is 5.50. The average molecular weight is 370 g/mol. The molecule has 1 aliphatic carbocycles. The molecule has 0 saturated heterocycles. The summed E-state index contributed by atoms with van der Waals surface area (Å²) in [6, 6.07) is 11.5. The number of fused-ring (bicyclic) bond motifs is 1. The first kappa shape index (κ1) is 17.3. The second-order valence-electron chi connectivity index (χ2n) is 6.61. The molecule has 2 N–H and O–H groups in total. The van der Waals surface area contributed by atoms with E-state index in [0.717, 1.165) is 0 Å². The maximum Gasteiger partial charge on any atom is 0.228 e. The van der Waals surface area contributed by atoms with Crippen LogP contribution in [0, 0.1) is 17.7 Å². The SMILES string of the molecule is O=C(NCc1ccccc1F)C1CC1C(=O)Nc1ccc2c(c1)OCCO2. The zero-order valence-electron chi connectivity index (χ0n) is 14.5. The third-order valence-electron chi connectivity index (χ3n) is 4.68. The van der Waals surface area contributed by atoms with Crippen LogP contribution in [0.3, 0.4) is 0 Å². The van der Waals surface area contributed by atoms with Crippen LogP contribution in [-0.2, 0) is 16.1 Å². The molecule has 2 unspecified atom stereocenters. The molecule has 0 radical (unpaired) electrons. The molecule has 6 nitrogen and oxygen atoms in total. The summed E-state index contributed by atoms with van der Waals surface area (Å²) in [6.07, 6.45) is 0.486. The molecular weight excluding hydrogens is 351 g/mol. The minimum atomic E-state index is -0.381. The molecule has 2 aromatic carbocycles. The Kier molecular flexibility index (Phi) is 4.66. The van der Waals surface area contributed by atoms with Gasteiger partial charge in [0.2, 0.25) is 11.8 Å². The van der Waals surface area contributed by atoms with Crippen molar-refractivity contribution in [2.45, 2.75) is 13.0 Å². The molecule has 27 heavy (non-hydrogen) atoms. The van der Waals surface area contributed by atoms with E-state index in [0.29, 0.717) is 42.4 Å². The van der Waals surface area contributed by atoms with Crippen molar-refractivity contribution in [2.75, 3.05) is 18.5 Å². The summed E-state index contributed by atoms with van der Waals surface area (Å²) >= 11 is 0. The monoisotopic (exact) mass is 370 g/mol. The molecule has 7 heteroatoms. The number of benzene rings is 2. The number of halogens is 1. The Morgan fingerprint density at radius 3 is 2.56 bits per heavy atom. The Labute approximate surface area is 155 Å². The maximum atomic E-state index is 13.6. The van der Waals surface area contributed by atoms with E-state index in [4.69, 9.17) is 9.47 Å². The molecule has 1 fully saturated rings. The lowest BCUT2D eigenvalue weighted by Crippen LogP contribution is -2.27. The molecule has 0 spiro atoms. The minimum Gasteiger partial charge on any atom is -0.486 e. The van der Waals surface area contributed by atoms with Crippen molar-refractivity contribution in [3.8, 4) is 11.5 Å². The Morgan fingerprint density at radius 1 is 1.00 bits per heavy atom. The third kappa shape index (κ3) is 3.86. The van der Waals surface area contributed by atoms with E-state index in [9.17, 15) is 14.0 Å². The number of carbonyl (C=O) groups is 2. The molecular formula is C20H19FN2O4. The van der Waals surface area contributed by atoms with E-state index >= 15 is 0 Å². The van der Waals surface area contributed by atoms with E-state index in [-0.39, 0.29) is 36.0 Å². The second-order valence-corrected chi connectivity index (χ2v) is 6.61. The molecule has 140 valence electrons. The van der Waals surface area contributed by atoms with Crippen LogP contribution in [0.15, 0.2) is 42.5 Å². The molecule has 0 aromatic heterocycles. The fourth-order valence-corrected chi connectivity index (χ4v) is 3.09. The highest BCUT2D eigenvalue weighted by Crippen LogP contribution is 2.40. The summed E-state index contributed by atoms with van der Waals surface area (Å²) in [7, 11) is 0. The zero-order valence-corrected chi connectivity index (χ0v) is 14.5. The van der Waals surface area contributed by atoms with Gasteiger partial charge in [-0.3, -0.25) is 9.59 Å². The van der Waals surface area contributed by atoms with E-state index in [1.165, 1.54) is 6.07 Å². The van der Waals surface area contributed by atoms with Gasteiger partial charge < -0.3 is 20.1 Å². The summed E-state index contributed by atoms with van der Waals surface area (Å²) in [6.45, 7) is 1.08. The maximum absolute atomic E-state index is 13.6. The van der Waals surface area contributed by atoms with Gasteiger partial charge in [0.05, 0.1) is 11.8 Å². The molecule has 4 rings (SSSR count). The lowest BCUT2D eigenvalue weighted by molar-refractivity contribution is -0.125. The topological polar surface area (TPSA) is 76.7 Å². The van der Waals surface area contributed by atoms with Gasteiger partial charge in [-0.05, 0) is 24.6 Å². The third-order valence-corrected chi connectivity index (χ3v) is 4.68. The minimum absolute atomic E-state index is 0.110. The smallest absolute Gasteiger partial charge is 0.228 e. The molecule has 1 saturated carbocycles. The van der Waals surface area contributed by atoms with Gasteiger partial charge in [-0.1, -0.05) is 18.2 Å². The first-order chi connectivity index (χ1) is 13.1. The number of carbonyl (C=O) groups excluding carboxylic acids is 2. The van der Waals surface area contributed by atoms with Crippen LogP contribution < -0.4 is 20.1 Å². The van der Waals surface area contributed by atoms with Crippen LogP contribution in [0.4, 0.5) is 10.1 Å². The van der Waals surface area contributed by atoms with Gasteiger partial charge in [-0.2, -0.15) is 0 Å². The largest absolute Gasteiger partial charge is 0.486 e. The second kappa shape index (κ2) is 7.26. The molecule has 0 bridgehead atoms. The predicted octanol–water partition coefficient (Wildman–Crippen LogP) is 2.49. The van der Waals surface area contributed by atoms with Crippen molar-refractivity contribution in [3.05, 3.63) is 53.8 Å². The number of rotatable bonds is 5. The van der Waals surface area contributed by atoms with Gasteiger partial charge in [-0.25, -0.2) is 4.39 Å². The number of hydrogen-bond donors (Lipinski definition) is 2. The Morgan fingerprint density at radius 2 is 1.74 bits per heavy atom. The van der Waals surface area contributed by atoms with Crippen molar-refractivity contribution < 1.29 is 23.5 Å². The molecule has 2 aliphatic rings. The van der Waals surface area contributed by atoms with Gasteiger partial charge in [0, 0.05) is 23.9 Å². The van der Waals surface area contributed by atoms with E-state index in [1.54, 1.807) is 36.4 Å². The van der Waals surface area contributed by atoms with E-state index in [1.807, 2.05) is 0 Å². The van der Waals surface area contributed by atoms with E-state index < -0.39 is 0 Å². The highest BCUT2D eigenvalue weighted by Gasteiger charge is 2.48. The van der Waals surface area contributed by atoms with Gasteiger partial charge in [0.15, 0.2) is 11.5 Å². The fourth-order valence-electron chi connectivity index (χ4n) is 3.09. The lowest BCUT2D eigenvalue weighted by Gasteiger charge is -2.19. The zero-order chi connectivity index (χ0) is 18.8. The van der Waals surface area contributed by atoms with Crippen LogP contribution >= 0.6 is 0 Å². The molecule has 2 aromatic rings. The van der Waals surface area contributed by atoms with Crippen LogP contribution in [0.5, 0.6) is 11.5 Å². The summed E-state index contributed by atoms with van der Waals surface area (Å²) in [5.41, 5.74) is 1.02. The lowest BCUT2D eigenvalue weighted by atomic mass is 10.2. The van der Waals surface area contributed by atoms with Crippen molar-refractivity contribution >= 4 is 17.5 Å². The number of hydrogen-bond acceptors (Lipinski definition) is 4. The molecule has 1 heterocycles. The number of amides is 2. The average Bonchev–Trinajstić information content (AvgIpc) is 3.48. The molecule has 1 aliphatic heterocycles. The first-order valence-corrected chi connectivity index (χ1v) is 8.83. The van der Waals surface area contributed by atoms with Crippen molar-refractivity contribution in [1.29, 1.82) is 0 Å². The summed E-state index contributed by atoms with van der Waals surface area (Å²) < 4.78 is 24.5. The summed E-state index contributed by atoms with van der Waals surface area (Å²) in [4.78, 5) is 24.6. The quantitative estimate of drug-likeness (QED) is 0.848. The van der Waals surface area contributed by atoms with Gasteiger partial charge in [0.1, 0.15) is 19.0 Å². The van der Waals surface area contributed by atoms with Gasteiger partial charge in [0.25, 0.3) is 0 Å². The predicted molar refractivity (Wildman–Crippen MR) is 95.9 cm³/mol. The Balaban J connectivity index is 1.30. The van der Waals surface area contributed by atoms with Gasteiger partial charge in [-0.15, -0.1) is 0 Å². The standard InChI is InChI=1S/C20H19FN2O4/c21-16-4-2-1-3-12(16)11-22-19(24)14-10-15(14)20(25)23-13-5-6-17-18(9-13)27-8-7-26-17/h1-6,9,14-15H,7-8,10-11H2,(H,22,24)(H,23,25). The van der Waals surface area contributed by atoms with Crippen LogP contribution in [-0.4, -0.2) is 25.0 Å². The van der Waals surface area contributed by atoms with Crippen molar-refractivity contribution in [1.82, 2.24) is 5.32 Å². The van der Waals surface area contributed by atoms with Crippen LogP contribution in [0.25, 0.3) is 0 Å². The highest BCUT2D eigenvalue weighted by molar-refractivity contribution is 5.99. The van der Waals surface area contributed by atoms with Crippen LogP contribution in [0.1, 0.15) is 12.0 Å². The molecule has 2 amide bonds. The van der Waals surface area contributed by atoms with Crippen LogP contribution in [0.2, 0.25) is 0 Å². The van der Waals surface area contributed by atoms with Crippen molar-refractivity contribution in [2.24, 2.45) is 11.8 Å². The van der Waals surface area contributed by atoms with Gasteiger partial charge >= 0.3 is 0 Å². The normalized spacial score (nSPS) is 19.9. The van der Waals surface area contributed by atoms with Crippen molar-refractivity contribution in [3.63, 3.8) is 0 Å². The Bertz CT molecular complexity index is 886. The Hall–Kier alpha value is -3.09. The van der Waals surface area contributed by atoms with E-state index in [2.05, 4.69) is 10.6 Å². The molecule has 2 atom stereocenters. The fraction of sp³-hybridized carbons (Fsp3) is 0.300. The number of ether oxygens (including phenoxy) is 2. The summed E-state index contributed by atoms with van der Waals surface area (Å²) in [5.74, 6) is -0.322. The highest BCUT2D eigenvalue weighted by atomic mass is 19.1.